The van der Waals surface area contributed by atoms with Gasteiger partial charge in [-0.25, -0.2) is 4.98 Å². The molecular formula is C11H14ClNO4. The molecule has 0 bridgehead atoms. The lowest BCUT2D eigenvalue weighted by molar-refractivity contribution is -0.144. The first kappa shape index (κ1) is 13.9. The number of hydrogen-bond donors (Lipinski definition) is 2. The molecule has 17 heavy (non-hydrogen) atoms. The first-order valence-corrected chi connectivity index (χ1v) is 5.39. The summed E-state index contributed by atoms with van der Waals surface area (Å²) in [5, 5.41) is 19.6. The van der Waals surface area contributed by atoms with Gasteiger partial charge in [0.05, 0.1) is 19.6 Å². The summed E-state index contributed by atoms with van der Waals surface area (Å²) in [7, 11) is 1.21. The minimum Gasteiger partial charge on any atom is -0.469 e. The van der Waals surface area contributed by atoms with Gasteiger partial charge in [0.1, 0.15) is 11.3 Å². The van der Waals surface area contributed by atoms with Crippen LogP contribution in [-0.4, -0.2) is 34.4 Å². The van der Waals surface area contributed by atoms with E-state index in [1.807, 2.05) is 0 Å². The second-order valence-electron chi connectivity index (χ2n) is 3.63. The van der Waals surface area contributed by atoms with Gasteiger partial charge in [-0.2, -0.15) is 0 Å². The summed E-state index contributed by atoms with van der Waals surface area (Å²) < 4.78 is 4.40. The van der Waals surface area contributed by atoms with Gasteiger partial charge in [-0.15, -0.1) is 0 Å². The summed E-state index contributed by atoms with van der Waals surface area (Å²) >= 11 is 5.84. The zero-order valence-electron chi connectivity index (χ0n) is 9.55. The molecule has 0 fully saturated rings. The highest BCUT2D eigenvalue weighted by Gasteiger charge is 2.24. The monoisotopic (exact) mass is 259 g/mol. The number of rotatable bonds is 4. The SMILES string of the molecule is COC(=O)CC(O)C(O)c1ccc(C)nc1Cl. The number of esters is 1. The van der Waals surface area contributed by atoms with Gasteiger partial charge >= 0.3 is 5.97 Å². The van der Waals surface area contributed by atoms with Crippen LogP contribution in [0.5, 0.6) is 0 Å². The number of aliphatic hydroxyl groups is 2. The Morgan fingerprint density at radius 3 is 2.71 bits per heavy atom. The highest BCUT2D eigenvalue weighted by Crippen LogP contribution is 2.25. The number of carbonyl (C=O) groups is 1. The molecule has 2 atom stereocenters. The predicted molar refractivity (Wildman–Crippen MR) is 61.6 cm³/mol. The highest BCUT2D eigenvalue weighted by atomic mass is 35.5. The molecule has 0 aliphatic rings. The van der Waals surface area contributed by atoms with Crippen molar-refractivity contribution in [3.63, 3.8) is 0 Å². The number of halogens is 1. The molecule has 0 aliphatic heterocycles. The Hall–Kier alpha value is -1.17. The number of hydrogen-bond acceptors (Lipinski definition) is 5. The zero-order chi connectivity index (χ0) is 13.0. The molecule has 6 heteroatoms. The van der Waals surface area contributed by atoms with Gasteiger partial charge in [-0.05, 0) is 13.0 Å². The van der Waals surface area contributed by atoms with Crippen molar-refractivity contribution in [3.05, 3.63) is 28.5 Å². The van der Waals surface area contributed by atoms with E-state index in [1.54, 1.807) is 19.1 Å². The van der Waals surface area contributed by atoms with E-state index in [1.165, 1.54) is 7.11 Å². The van der Waals surface area contributed by atoms with E-state index in [2.05, 4.69) is 9.72 Å². The van der Waals surface area contributed by atoms with Crippen LogP contribution < -0.4 is 0 Å². The van der Waals surface area contributed by atoms with Crippen molar-refractivity contribution in [2.24, 2.45) is 0 Å². The van der Waals surface area contributed by atoms with Gasteiger partial charge in [0.2, 0.25) is 0 Å². The molecule has 0 radical (unpaired) electrons. The van der Waals surface area contributed by atoms with Crippen LogP contribution in [0.3, 0.4) is 0 Å². The molecule has 0 aliphatic carbocycles. The lowest BCUT2D eigenvalue weighted by atomic mass is 10.0. The van der Waals surface area contributed by atoms with Gasteiger partial charge in [0.25, 0.3) is 0 Å². The van der Waals surface area contributed by atoms with Gasteiger partial charge in [-0.3, -0.25) is 4.79 Å². The second-order valence-corrected chi connectivity index (χ2v) is 3.98. The number of aliphatic hydroxyl groups excluding tert-OH is 2. The average Bonchev–Trinajstić information content (AvgIpc) is 2.28. The normalized spacial score (nSPS) is 14.2. The maximum Gasteiger partial charge on any atom is 0.308 e. The van der Waals surface area contributed by atoms with E-state index in [0.717, 1.165) is 0 Å². The summed E-state index contributed by atoms with van der Waals surface area (Å²) in [6, 6.07) is 3.23. The van der Waals surface area contributed by atoms with E-state index in [9.17, 15) is 15.0 Å². The van der Waals surface area contributed by atoms with Crippen molar-refractivity contribution in [3.8, 4) is 0 Å². The smallest absolute Gasteiger partial charge is 0.308 e. The van der Waals surface area contributed by atoms with E-state index in [4.69, 9.17) is 11.6 Å². The molecule has 2 N–H and O–H groups in total. The van der Waals surface area contributed by atoms with Crippen molar-refractivity contribution < 1.29 is 19.7 Å². The average molecular weight is 260 g/mol. The van der Waals surface area contributed by atoms with Crippen LogP contribution in [0.1, 0.15) is 23.8 Å². The Bertz CT molecular complexity index is 410. The van der Waals surface area contributed by atoms with Crippen LogP contribution in [0.2, 0.25) is 5.15 Å². The Balaban J connectivity index is 2.81. The number of nitrogens with zero attached hydrogens (tertiary/aromatic N) is 1. The summed E-state index contributed by atoms with van der Waals surface area (Å²) in [4.78, 5) is 14.9. The molecule has 1 rings (SSSR count). The van der Waals surface area contributed by atoms with Crippen LogP contribution in [0, 0.1) is 6.92 Å². The highest BCUT2D eigenvalue weighted by molar-refractivity contribution is 6.30. The number of aryl methyl sites for hydroxylation is 1. The third-order valence-corrected chi connectivity index (χ3v) is 2.61. The summed E-state index contributed by atoms with van der Waals surface area (Å²) in [5.41, 5.74) is 0.988. The number of methoxy groups -OCH3 is 1. The zero-order valence-corrected chi connectivity index (χ0v) is 10.3. The van der Waals surface area contributed by atoms with Crippen molar-refractivity contribution in [1.29, 1.82) is 0 Å². The molecular weight excluding hydrogens is 246 g/mol. The topological polar surface area (TPSA) is 79.7 Å². The van der Waals surface area contributed by atoms with Crippen LogP contribution in [-0.2, 0) is 9.53 Å². The first-order chi connectivity index (χ1) is 7.95. The van der Waals surface area contributed by atoms with E-state index in [-0.39, 0.29) is 17.1 Å². The fraction of sp³-hybridized carbons (Fsp3) is 0.455. The van der Waals surface area contributed by atoms with Crippen molar-refractivity contribution in [2.75, 3.05) is 7.11 Å². The Labute approximate surface area is 104 Å². The third kappa shape index (κ3) is 3.66. The standard InChI is InChI=1S/C11H14ClNO4/c1-6-3-4-7(11(12)13-6)10(16)8(14)5-9(15)17-2/h3-4,8,10,14,16H,5H2,1-2H3. The van der Waals surface area contributed by atoms with E-state index >= 15 is 0 Å². The summed E-state index contributed by atoms with van der Waals surface area (Å²) in [6.07, 6.45) is -2.85. The fourth-order valence-corrected chi connectivity index (χ4v) is 1.64. The molecule has 1 aromatic rings. The number of aromatic nitrogens is 1. The molecule has 2 unspecified atom stereocenters. The molecule has 1 heterocycles. The van der Waals surface area contributed by atoms with Gasteiger partial charge in [0, 0.05) is 11.3 Å². The minimum atomic E-state index is -1.27. The maximum atomic E-state index is 11.0. The van der Waals surface area contributed by atoms with Crippen LogP contribution in [0.25, 0.3) is 0 Å². The Kier molecular flexibility index (Phi) is 4.86. The van der Waals surface area contributed by atoms with Crippen LogP contribution in [0.15, 0.2) is 12.1 Å². The lowest BCUT2D eigenvalue weighted by Gasteiger charge is -2.17. The molecule has 0 aromatic carbocycles. The number of pyridine rings is 1. The molecule has 0 spiro atoms. The van der Waals surface area contributed by atoms with E-state index in [0.29, 0.717) is 5.69 Å². The minimum absolute atomic E-state index is 0.112. The molecule has 0 amide bonds. The van der Waals surface area contributed by atoms with E-state index < -0.39 is 18.2 Å². The van der Waals surface area contributed by atoms with Gasteiger partial charge in [0.15, 0.2) is 0 Å². The Morgan fingerprint density at radius 1 is 1.53 bits per heavy atom. The number of carbonyl (C=O) groups excluding carboxylic acids is 1. The van der Waals surface area contributed by atoms with Crippen molar-refractivity contribution in [1.82, 2.24) is 4.98 Å². The largest absolute Gasteiger partial charge is 0.469 e. The lowest BCUT2D eigenvalue weighted by Crippen LogP contribution is -2.23. The van der Waals surface area contributed by atoms with Gasteiger partial charge in [-0.1, -0.05) is 17.7 Å². The molecule has 0 saturated carbocycles. The van der Waals surface area contributed by atoms with Gasteiger partial charge < -0.3 is 14.9 Å². The fourth-order valence-electron chi connectivity index (χ4n) is 1.33. The molecule has 1 aromatic heterocycles. The molecule has 94 valence electrons. The maximum absolute atomic E-state index is 11.0. The van der Waals surface area contributed by atoms with Crippen LogP contribution >= 0.6 is 11.6 Å². The third-order valence-electron chi connectivity index (χ3n) is 2.30. The van der Waals surface area contributed by atoms with Crippen LogP contribution in [0.4, 0.5) is 0 Å². The second kappa shape index (κ2) is 5.95. The quantitative estimate of drug-likeness (QED) is 0.623. The summed E-state index contributed by atoms with van der Waals surface area (Å²) in [5.74, 6) is -0.604. The Morgan fingerprint density at radius 2 is 2.18 bits per heavy atom. The molecule has 0 saturated heterocycles. The first-order valence-electron chi connectivity index (χ1n) is 5.01. The predicted octanol–water partition coefficient (Wildman–Crippen LogP) is 1.00. The number of ether oxygens (including phenoxy) is 1. The van der Waals surface area contributed by atoms with Crippen molar-refractivity contribution in [2.45, 2.75) is 25.6 Å². The summed E-state index contributed by atoms with van der Waals surface area (Å²) in [6.45, 7) is 1.76. The molecule has 5 nitrogen and oxygen atoms in total. The van der Waals surface area contributed by atoms with Crippen molar-refractivity contribution >= 4 is 17.6 Å².